The maximum Gasteiger partial charge on any atom is 0.306 e. The van der Waals surface area contributed by atoms with Crippen molar-refractivity contribution in [2.45, 2.75) is 52.7 Å². The van der Waals surface area contributed by atoms with E-state index >= 15 is 0 Å². The number of halogens is 1. The number of carbonyl (C=O) groups excluding carboxylic acids is 2. The first kappa shape index (κ1) is 23.9. The van der Waals surface area contributed by atoms with Crippen molar-refractivity contribution >= 4 is 39.5 Å². The van der Waals surface area contributed by atoms with E-state index in [1.54, 1.807) is 11.1 Å². The average Bonchev–Trinajstić information content (AvgIpc) is 3.08. The molecule has 3 aromatic rings. The SMILES string of the molecule is Cc1nc2nc(N[C@@H](C)c3cncc(F)c3)nc(C(=O)N3CC(CC(=O)OC(C)(C)C)C3)c2s1. The summed E-state index contributed by atoms with van der Waals surface area (Å²) in [5.74, 6) is -0.660. The van der Waals surface area contributed by atoms with Gasteiger partial charge in [-0.2, -0.15) is 4.98 Å². The number of rotatable bonds is 6. The van der Waals surface area contributed by atoms with Crippen LogP contribution in [0.4, 0.5) is 10.3 Å². The fourth-order valence-corrected chi connectivity index (χ4v) is 4.55. The fraction of sp³-hybridized carbons (Fsp3) is 0.478. The highest BCUT2D eigenvalue weighted by Crippen LogP contribution is 2.29. The summed E-state index contributed by atoms with van der Waals surface area (Å²) < 4.78 is 19.6. The molecule has 1 aliphatic rings. The van der Waals surface area contributed by atoms with Crippen molar-refractivity contribution in [3.05, 3.63) is 40.5 Å². The van der Waals surface area contributed by atoms with Crippen molar-refractivity contribution in [2.24, 2.45) is 5.92 Å². The molecule has 1 aliphatic heterocycles. The molecule has 1 N–H and O–H groups in total. The van der Waals surface area contributed by atoms with Crippen molar-refractivity contribution in [3.8, 4) is 0 Å². The van der Waals surface area contributed by atoms with Crippen LogP contribution in [0.25, 0.3) is 10.3 Å². The summed E-state index contributed by atoms with van der Waals surface area (Å²) in [5, 5.41) is 3.89. The van der Waals surface area contributed by atoms with Crippen LogP contribution in [0.5, 0.6) is 0 Å². The van der Waals surface area contributed by atoms with Crippen LogP contribution < -0.4 is 5.32 Å². The van der Waals surface area contributed by atoms with Crippen molar-refractivity contribution in [1.82, 2.24) is 24.8 Å². The molecule has 0 aromatic carbocycles. The number of nitrogens with zero attached hydrogens (tertiary/aromatic N) is 5. The number of hydrogen-bond donors (Lipinski definition) is 1. The van der Waals surface area contributed by atoms with Gasteiger partial charge in [-0.15, -0.1) is 11.3 Å². The van der Waals surface area contributed by atoms with E-state index in [-0.39, 0.29) is 41.9 Å². The Morgan fingerprint density at radius 3 is 2.68 bits per heavy atom. The number of aryl methyl sites for hydroxylation is 1. The molecule has 1 amide bonds. The van der Waals surface area contributed by atoms with Gasteiger partial charge in [0.25, 0.3) is 5.91 Å². The van der Waals surface area contributed by atoms with Gasteiger partial charge in [-0.05, 0) is 46.2 Å². The Balaban J connectivity index is 1.50. The van der Waals surface area contributed by atoms with Crippen LogP contribution in [0, 0.1) is 18.7 Å². The van der Waals surface area contributed by atoms with Crippen molar-refractivity contribution in [3.63, 3.8) is 0 Å². The van der Waals surface area contributed by atoms with Crippen molar-refractivity contribution < 1.29 is 18.7 Å². The molecule has 0 radical (unpaired) electrons. The van der Waals surface area contributed by atoms with Crippen LogP contribution in [0.1, 0.15) is 61.2 Å². The Kier molecular flexibility index (Phi) is 6.48. The Morgan fingerprint density at radius 2 is 2.00 bits per heavy atom. The second kappa shape index (κ2) is 9.21. The molecule has 9 nitrogen and oxygen atoms in total. The highest BCUT2D eigenvalue weighted by molar-refractivity contribution is 7.18. The zero-order valence-electron chi connectivity index (χ0n) is 19.8. The van der Waals surface area contributed by atoms with E-state index in [0.717, 1.165) is 11.2 Å². The second-order valence-corrected chi connectivity index (χ2v) is 10.7. The van der Waals surface area contributed by atoms with Gasteiger partial charge in [-0.3, -0.25) is 14.6 Å². The van der Waals surface area contributed by atoms with Crippen LogP contribution in [-0.2, 0) is 9.53 Å². The average molecular weight is 487 g/mol. The first-order valence-corrected chi connectivity index (χ1v) is 11.8. The number of esters is 1. The third-order valence-corrected chi connectivity index (χ3v) is 6.22. The minimum atomic E-state index is -0.533. The standard InChI is InChI=1S/C23H27FN6O3S/c1-12(15-7-16(24)9-25-8-15)26-22-28-18(19-20(29-22)27-13(2)34-19)21(32)30-10-14(11-30)6-17(31)33-23(3,4)5/h7-9,12,14H,6,10-11H2,1-5H3,(H,26,28,29)/t12-/m0/s1. The summed E-state index contributed by atoms with van der Waals surface area (Å²) in [6, 6.07) is 1.04. The van der Waals surface area contributed by atoms with Crippen molar-refractivity contribution in [2.75, 3.05) is 18.4 Å². The summed E-state index contributed by atoms with van der Waals surface area (Å²) in [7, 11) is 0. The number of aromatic nitrogens is 4. The summed E-state index contributed by atoms with van der Waals surface area (Å²) in [6.07, 6.45) is 2.96. The van der Waals surface area contributed by atoms with Gasteiger partial charge in [0.15, 0.2) is 11.3 Å². The number of fused-ring (bicyclic) bond motifs is 1. The first-order chi connectivity index (χ1) is 16.0. The second-order valence-electron chi connectivity index (χ2n) is 9.45. The van der Waals surface area contributed by atoms with Crippen LogP contribution in [0.2, 0.25) is 0 Å². The Morgan fingerprint density at radius 1 is 1.26 bits per heavy atom. The lowest BCUT2D eigenvalue weighted by Gasteiger charge is -2.39. The van der Waals surface area contributed by atoms with Gasteiger partial charge in [0.1, 0.15) is 16.1 Å². The molecular formula is C23H27FN6O3S. The van der Waals surface area contributed by atoms with E-state index in [0.29, 0.717) is 29.0 Å². The Labute approximate surface area is 200 Å². The molecule has 0 saturated carbocycles. The molecule has 0 unspecified atom stereocenters. The van der Waals surface area contributed by atoms with E-state index in [1.807, 2.05) is 34.6 Å². The number of likely N-dealkylation sites (tertiary alicyclic amines) is 1. The first-order valence-electron chi connectivity index (χ1n) is 11.0. The van der Waals surface area contributed by atoms with Gasteiger partial charge < -0.3 is 15.0 Å². The lowest BCUT2D eigenvalue weighted by Crippen LogP contribution is -2.51. The monoisotopic (exact) mass is 486 g/mol. The number of carbonyl (C=O) groups is 2. The zero-order chi connectivity index (χ0) is 24.6. The maximum atomic E-state index is 13.6. The van der Waals surface area contributed by atoms with E-state index in [4.69, 9.17) is 4.74 Å². The number of hydrogen-bond acceptors (Lipinski definition) is 9. The van der Waals surface area contributed by atoms with Crippen LogP contribution in [-0.4, -0.2) is 55.4 Å². The van der Waals surface area contributed by atoms with Crippen LogP contribution >= 0.6 is 11.3 Å². The van der Waals surface area contributed by atoms with Crippen molar-refractivity contribution in [1.29, 1.82) is 0 Å². The predicted molar refractivity (Wildman–Crippen MR) is 126 cm³/mol. The normalized spacial score (nSPS) is 15.2. The molecule has 11 heteroatoms. The number of nitrogens with one attached hydrogen (secondary N) is 1. The number of pyridine rings is 1. The van der Waals surface area contributed by atoms with Gasteiger partial charge >= 0.3 is 5.97 Å². The Bertz CT molecular complexity index is 1240. The molecule has 1 saturated heterocycles. The van der Waals surface area contributed by atoms with Gasteiger partial charge in [0.2, 0.25) is 5.95 Å². The van der Waals surface area contributed by atoms with Gasteiger partial charge in [-0.1, -0.05) is 0 Å². The van der Waals surface area contributed by atoms with Gasteiger partial charge in [-0.25, -0.2) is 14.4 Å². The fourth-order valence-electron chi connectivity index (χ4n) is 3.71. The molecule has 1 fully saturated rings. The molecule has 34 heavy (non-hydrogen) atoms. The summed E-state index contributed by atoms with van der Waals surface area (Å²) in [5.41, 5.74) is 0.783. The van der Waals surface area contributed by atoms with E-state index in [1.165, 1.54) is 17.4 Å². The number of anilines is 1. The molecule has 0 bridgehead atoms. The maximum absolute atomic E-state index is 13.6. The number of amides is 1. The van der Waals surface area contributed by atoms with Gasteiger partial charge in [0, 0.05) is 25.2 Å². The molecule has 4 heterocycles. The minimum Gasteiger partial charge on any atom is -0.460 e. The van der Waals surface area contributed by atoms with Gasteiger partial charge in [0.05, 0.1) is 23.7 Å². The Hall–Kier alpha value is -3.21. The molecule has 0 aliphatic carbocycles. The van der Waals surface area contributed by atoms with E-state index < -0.39 is 11.4 Å². The smallest absolute Gasteiger partial charge is 0.306 e. The summed E-state index contributed by atoms with van der Waals surface area (Å²) in [4.78, 5) is 44.3. The number of ether oxygens (including phenoxy) is 1. The molecule has 0 spiro atoms. The zero-order valence-corrected chi connectivity index (χ0v) is 20.6. The van der Waals surface area contributed by atoms with E-state index in [2.05, 4.69) is 25.3 Å². The molecule has 4 rings (SSSR count). The van der Waals surface area contributed by atoms with Crippen LogP contribution in [0.15, 0.2) is 18.5 Å². The summed E-state index contributed by atoms with van der Waals surface area (Å²) in [6.45, 7) is 10.1. The topological polar surface area (TPSA) is 110 Å². The van der Waals surface area contributed by atoms with Crippen LogP contribution in [0.3, 0.4) is 0 Å². The number of thiazole rings is 1. The lowest BCUT2D eigenvalue weighted by molar-refractivity contribution is -0.157. The minimum absolute atomic E-state index is 0.0532. The highest BCUT2D eigenvalue weighted by Gasteiger charge is 2.35. The third kappa shape index (κ3) is 5.46. The molecule has 180 valence electrons. The summed E-state index contributed by atoms with van der Waals surface area (Å²) >= 11 is 1.36. The molecule has 3 aromatic heterocycles. The predicted octanol–water partition coefficient (Wildman–Crippen LogP) is 3.91. The largest absolute Gasteiger partial charge is 0.460 e. The molecular weight excluding hydrogens is 459 g/mol. The quantitative estimate of drug-likeness (QED) is 0.522. The highest BCUT2D eigenvalue weighted by atomic mass is 32.1. The third-order valence-electron chi connectivity index (χ3n) is 5.25. The molecule has 1 atom stereocenters. The van der Waals surface area contributed by atoms with E-state index in [9.17, 15) is 14.0 Å². The lowest BCUT2D eigenvalue weighted by atomic mass is 9.96.